The number of aromatic nitrogens is 1. The van der Waals surface area contributed by atoms with E-state index in [-0.39, 0.29) is 12.4 Å². The molecule has 0 unspecified atom stereocenters. The van der Waals surface area contributed by atoms with Gasteiger partial charge in [0.25, 0.3) is 0 Å². The third-order valence-corrected chi connectivity index (χ3v) is 3.40. The van der Waals surface area contributed by atoms with Gasteiger partial charge >= 0.3 is 0 Å². The highest BCUT2D eigenvalue weighted by Crippen LogP contribution is 2.19. The highest BCUT2D eigenvalue weighted by molar-refractivity contribution is 7.98. The summed E-state index contributed by atoms with van der Waals surface area (Å²) in [6.07, 6.45) is 3.87. The van der Waals surface area contributed by atoms with Crippen LogP contribution in [0.15, 0.2) is 47.5 Å². The molecule has 0 spiro atoms. The Morgan fingerprint density at radius 3 is 2.56 bits per heavy atom. The number of carbonyl (C=O) groups is 1. The van der Waals surface area contributed by atoms with Crippen LogP contribution >= 0.6 is 11.8 Å². The SMILES string of the molecule is CSc1ccc(OCC(=O)c2cccn2C)cc1. The molecule has 1 aromatic carbocycles. The third kappa shape index (κ3) is 2.96. The van der Waals surface area contributed by atoms with Crippen molar-refractivity contribution in [1.29, 1.82) is 0 Å². The number of aryl methyl sites for hydroxylation is 1. The highest BCUT2D eigenvalue weighted by atomic mass is 32.2. The van der Waals surface area contributed by atoms with Crippen LogP contribution in [0.25, 0.3) is 0 Å². The number of thioether (sulfide) groups is 1. The molecule has 0 amide bonds. The van der Waals surface area contributed by atoms with E-state index >= 15 is 0 Å². The van der Waals surface area contributed by atoms with E-state index in [1.807, 2.05) is 49.8 Å². The predicted octanol–water partition coefficient (Wildman–Crippen LogP) is 3.01. The molecule has 3 nitrogen and oxygen atoms in total. The Hall–Kier alpha value is -1.68. The topological polar surface area (TPSA) is 31.2 Å². The van der Waals surface area contributed by atoms with Crippen molar-refractivity contribution in [2.75, 3.05) is 12.9 Å². The first-order valence-corrected chi connectivity index (χ1v) is 6.84. The first kappa shape index (κ1) is 12.8. The first-order valence-electron chi connectivity index (χ1n) is 5.62. The zero-order chi connectivity index (χ0) is 13.0. The van der Waals surface area contributed by atoms with Gasteiger partial charge in [-0.3, -0.25) is 4.79 Å². The number of hydrogen-bond donors (Lipinski definition) is 0. The van der Waals surface area contributed by atoms with Crippen molar-refractivity contribution in [3.63, 3.8) is 0 Å². The summed E-state index contributed by atoms with van der Waals surface area (Å²) in [5, 5.41) is 0. The number of hydrogen-bond acceptors (Lipinski definition) is 3. The monoisotopic (exact) mass is 261 g/mol. The molecule has 0 saturated heterocycles. The van der Waals surface area contributed by atoms with Gasteiger partial charge in [0, 0.05) is 18.1 Å². The molecule has 0 bridgehead atoms. The zero-order valence-corrected chi connectivity index (χ0v) is 11.2. The average molecular weight is 261 g/mol. The zero-order valence-electron chi connectivity index (χ0n) is 10.4. The molecule has 0 aliphatic carbocycles. The molecular weight excluding hydrogens is 246 g/mol. The van der Waals surface area contributed by atoms with Crippen molar-refractivity contribution < 1.29 is 9.53 Å². The van der Waals surface area contributed by atoms with E-state index in [4.69, 9.17) is 4.74 Å². The van der Waals surface area contributed by atoms with Crippen LogP contribution in [0.2, 0.25) is 0 Å². The minimum Gasteiger partial charge on any atom is -0.485 e. The Bertz CT molecular complexity index is 531. The molecule has 0 aliphatic rings. The van der Waals surface area contributed by atoms with Crippen molar-refractivity contribution in [3.8, 4) is 5.75 Å². The lowest BCUT2D eigenvalue weighted by Crippen LogP contribution is -2.14. The van der Waals surface area contributed by atoms with Crippen LogP contribution in [0.4, 0.5) is 0 Å². The fraction of sp³-hybridized carbons (Fsp3) is 0.214. The van der Waals surface area contributed by atoms with Crippen molar-refractivity contribution in [3.05, 3.63) is 48.3 Å². The molecule has 0 N–H and O–H groups in total. The van der Waals surface area contributed by atoms with E-state index in [0.717, 1.165) is 5.75 Å². The van der Waals surface area contributed by atoms with Crippen molar-refractivity contribution in [2.45, 2.75) is 4.90 Å². The van der Waals surface area contributed by atoms with E-state index in [0.29, 0.717) is 5.69 Å². The molecule has 94 valence electrons. The fourth-order valence-electron chi connectivity index (χ4n) is 1.65. The molecule has 0 fully saturated rings. The van der Waals surface area contributed by atoms with Crippen LogP contribution in [0.3, 0.4) is 0 Å². The second kappa shape index (κ2) is 5.78. The van der Waals surface area contributed by atoms with Gasteiger partial charge < -0.3 is 9.30 Å². The first-order chi connectivity index (χ1) is 8.70. The van der Waals surface area contributed by atoms with Crippen LogP contribution in [0.5, 0.6) is 5.75 Å². The van der Waals surface area contributed by atoms with Gasteiger partial charge in [-0.05, 0) is 42.7 Å². The molecule has 1 aromatic heterocycles. The van der Waals surface area contributed by atoms with Gasteiger partial charge in [-0.15, -0.1) is 11.8 Å². The lowest BCUT2D eigenvalue weighted by atomic mass is 10.3. The normalized spacial score (nSPS) is 10.3. The lowest BCUT2D eigenvalue weighted by Gasteiger charge is -2.06. The van der Waals surface area contributed by atoms with E-state index in [1.54, 1.807) is 22.4 Å². The maximum Gasteiger partial charge on any atom is 0.216 e. The van der Waals surface area contributed by atoms with Gasteiger partial charge in [0.1, 0.15) is 5.75 Å². The number of ketones is 1. The molecule has 0 saturated carbocycles. The number of nitrogens with zero attached hydrogens (tertiary/aromatic N) is 1. The van der Waals surface area contributed by atoms with Crippen molar-refractivity contribution in [1.82, 2.24) is 4.57 Å². The molecule has 2 aromatic rings. The number of ether oxygens (including phenoxy) is 1. The van der Waals surface area contributed by atoms with Gasteiger partial charge in [0.15, 0.2) is 6.61 Å². The summed E-state index contributed by atoms with van der Waals surface area (Å²) in [4.78, 5) is 13.1. The minimum atomic E-state index is -0.0172. The summed E-state index contributed by atoms with van der Waals surface area (Å²) >= 11 is 1.68. The Kier molecular flexibility index (Phi) is 4.10. The molecule has 1 heterocycles. The molecule has 2 rings (SSSR count). The van der Waals surface area contributed by atoms with Gasteiger partial charge in [0.05, 0.1) is 5.69 Å². The largest absolute Gasteiger partial charge is 0.485 e. The summed E-state index contributed by atoms with van der Waals surface area (Å²) in [6.45, 7) is 0.0659. The summed E-state index contributed by atoms with van der Waals surface area (Å²) in [6, 6.07) is 11.4. The van der Waals surface area contributed by atoms with Crippen LogP contribution in [0, 0.1) is 0 Å². The average Bonchev–Trinajstić information content (AvgIpc) is 2.83. The quantitative estimate of drug-likeness (QED) is 0.612. The molecular formula is C14H15NO2S. The van der Waals surface area contributed by atoms with E-state index in [2.05, 4.69) is 0 Å². The summed E-state index contributed by atoms with van der Waals surface area (Å²) in [5.41, 5.74) is 0.663. The molecule has 18 heavy (non-hydrogen) atoms. The van der Waals surface area contributed by atoms with Crippen molar-refractivity contribution >= 4 is 17.5 Å². The Balaban J connectivity index is 1.95. The van der Waals surface area contributed by atoms with Crippen molar-refractivity contribution in [2.24, 2.45) is 7.05 Å². The maximum atomic E-state index is 11.9. The summed E-state index contributed by atoms with van der Waals surface area (Å²) in [5.74, 6) is 0.701. The molecule has 0 radical (unpaired) electrons. The second-order valence-corrected chi connectivity index (χ2v) is 4.77. The number of benzene rings is 1. The Morgan fingerprint density at radius 2 is 2.00 bits per heavy atom. The van der Waals surface area contributed by atoms with E-state index in [9.17, 15) is 4.79 Å². The minimum absolute atomic E-state index is 0.0172. The predicted molar refractivity (Wildman–Crippen MR) is 73.5 cm³/mol. The van der Waals surface area contributed by atoms with Gasteiger partial charge in [-0.25, -0.2) is 0 Å². The van der Waals surface area contributed by atoms with Crippen LogP contribution in [-0.2, 0) is 7.05 Å². The third-order valence-electron chi connectivity index (χ3n) is 2.66. The number of rotatable bonds is 5. The van der Waals surface area contributed by atoms with Gasteiger partial charge in [0.2, 0.25) is 5.78 Å². The smallest absolute Gasteiger partial charge is 0.216 e. The van der Waals surface area contributed by atoms with Crippen LogP contribution in [0.1, 0.15) is 10.5 Å². The van der Waals surface area contributed by atoms with E-state index in [1.165, 1.54) is 4.90 Å². The second-order valence-electron chi connectivity index (χ2n) is 3.89. The van der Waals surface area contributed by atoms with Gasteiger partial charge in [-0.2, -0.15) is 0 Å². The Morgan fingerprint density at radius 1 is 1.28 bits per heavy atom. The standard InChI is InChI=1S/C14H15NO2S/c1-15-9-3-4-13(15)14(16)10-17-11-5-7-12(18-2)8-6-11/h3-9H,10H2,1-2H3. The highest BCUT2D eigenvalue weighted by Gasteiger charge is 2.09. The lowest BCUT2D eigenvalue weighted by molar-refractivity contribution is 0.0913. The van der Waals surface area contributed by atoms with E-state index < -0.39 is 0 Å². The summed E-state index contributed by atoms with van der Waals surface area (Å²) in [7, 11) is 1.85. The molecule has 4 heteroatoms. The van der Waals surface area contributed by atoms with Gasteiger partial charge in [-0.1, -0.05) is 0 Å². The Labute approximate surface area is 111 Å². The number of Topliss-reactive ketones (excluding diaryl/α,β-unsaturated/α-hetero) is 1. The van der Waals surface area contributed by atoms with Crippen LogP contribution in [-0.4, -0.2) is 23.2 Å². The number of carbonyl (C=O) groups excluding carboxylic acids is 1. The maximum absolute atomic E-state index is 11.9. The molecule has 0 atom stereocenters. The van der Waals surface area contributed by atoms with Crippen LogP contribution < -0.4 is 4.74 Å². The fourth-order valence-corrected chi connectivity index (χ4v) is 2.05. The molecule has 0 aliphatic heterocycles. The summed E-state index contributed by atoms with van der Waals surface area (Å²) < 4.78 is 7.27.